The fraction of sp³-hybridized carbons (Fsp3) is 0.353. The average molecular weight is 358 g/mol. The van der Waals surface area contributed by atoms with Crippen LogP contribution in [-0.4, -0.2) is 39.7 Å². The highest BCUT2D eigenvalue weighted by Crippen LogP contribution is 2.36. The fourth-order valence-corrected chi connectivity index (χ4v) is 4.58. The standard InChI is InChI=1S/C17H18N4OS2/c1-11-3-6-24-16(11)15-13(14-9-12(2)20-22-14)10-18-17(19-15)21-4-7-23-8-5-21/h3,6,9-10H,4-5,7-8H2,1-2H3. The third kappa shape index (κ3) is 2.93. The lowest BCUT2D eigenvalue weighted by Crippen LogP contribution is -2.33. The molecule has 1 saturated heterocycles. The predicted octanol–water partition coefficient (Wildman–Crippen LogP) is 4.03. The van der Waals surface area contributed by atoms with E-state index in [4.69, 9.17) is 9.51 Å². The number of thiophene rings is 1. The van der Waals surface area contributed by atoms with Gasteiger partial charge in [-0.2, -0.15) is 11.8 Å². The molecule has 0 saturated carbocycles. The molecule has 124 valence electrons. The molecular weight excluding hydrogens is 340 g/mol. The van der Waals surface area contributed by atoms with Crippen molar-refractivity contribution in [1.82, 2.24) is 15.1 Å². The van der Waals surface area contributed by atoms with Gasteiger partial charge in [-0.15, -0.1) is 11.3 Å². The van der Waals surface area contributed by atoms with Crippen LogP contribution in [0.15, 0.2) is 28.2 Å². The second-order valence-corrected chi connectivity index (χ2v) is 7.94. The molecule has 24 heavy (non-hydrogen) atoms. The van der Waals surface area contributed by atoms with Crippen molar-refractivity contribution in [2.24, 2.45) is 0 Å². The Kier molecular flexibility index (Phi) is 4.28. The normalized spacial score (nSPS) is 15.0. The molecule has 5 nitrogen and oxygen atoms in total. The van der Waals surface area contributed by atoms with Crippen LogP contribution in [0.1, 0.15) is 11.3 Å². The molecule has 0 bridgehead atoms. The summed E-state index contributed by atoms with van der Waals surface area (Å²) in [5, 5.41) is 6.11. The summed E-state index contributed by atoms with van der Waals surface area (Å²) in [6, 6.07) is 4.05. The number of hydrogen-bond donors (Lipinski definition) is 0. The molecule has 1 aliphatic heterocycles. The van der Waals surface area contributed by atoms with Crippen molar-refractivity contribution in [1.29, 1.82) is 0 Å². The van der Waals surface area contributed by atoms with Gasteiger partial charge in [-0.05, 0) is 30.9 Å². The Balaban J connectivity index is 1.83. The van der Waals surface area contributed by atoms with Crippen molar-refractivity contribution in [3.05, 3.63) is 35.0 Å². The average Bonchev–Trinajstić information content (AvgIpc) is 3.23. The van der Waals surface area contributed by atoms with Crippen LogP contribution < -0.4 is 4.90 Å². The van der Waals surface area contributed by atoms with E-state index in [1.54, 1.807) is 11.3 Å². The largest absolute Gasteiger partial charge is 0.356 e. The van der Waals surface area contributed by atoms with Crippen LogP contribution in [0.2, 0.25) is 0 Å². The van der Waals surface area contributed by atoms with E-state index in [1.807, 2.05) is 30.9 Å². The summed E-state index contributed by atoms with van der Waals surface area (Å²) in [6.07, 6.45) is 1.87. The molecule has 0 unspecified atom stereocenters. The Bertz CT molecular complexity index is 852. The highest BCUT2D eigenvalue weighted by atomic mass is 32.2. The molecule has 1 fully saturated rings. The first-order valence-corrected chi connectivity index (χ1v) is 9.93. The van der Waals surface area contributed by atoms with Crippen molar-refractivity contribution < 1.29 is 4.52 Å². The van der Waals surface area contributed by atoms with Gasteiger partial charge in [0.2, 0.25) is 5.95 Å². The minimum Gasteiger partial charge on any atom is -0.356 e. The van der Waals surface area contributed by atoms with Crippen LogP contribution in [0.25, 0.3) is 21.9 Å². The Morgan fingerprint density at radius 2 is 2.04 bits per heavy atom. The Morgan fingerprint density at radius 1 is 1.21 bits per heavy atom. The summed E-state index contributed by atoms with van der Waals surface area (Å²) in [4.78, 5) is 12.9. The first kappa shape index (κ1) is 15.7. The first-order chi connectivity index (χ1) is 11.7. The van der Waals surface area contributed by atoms with Gasteiger partial charge in [0.1, 0.15) is 0 Å². The third-order valence-corrected chi connectivity index (χ3v) is 6.01. The zero-order valence-corrected chi connectivity index (χ0v) is 15.3. The molecule has 0 spiro atoms. The van der Waals surface area contributed by atoms with Crippen molar-refractivity contribution in [2.75, 3.05) is 29.5 Å². The Hall–Kier alpha value is -1.86. The van der Waals surface area contributed by atoms with Crippen molar-refractivity contribution in [2.45, 2.75) is 13.8 Å². The molecule has 4 heterocycles. The molecular formula is C17H18N4OS2. The van der Waals surface area contributed by atoms with Gasteiger partial charge in [-0.25, -0.2) is 9.97 Å². The van der Waals surface area contributed by atoms with E-state index >= 15 is 0 Å². The molecule has 4 rings (SSSR count). The molecule has 3 aromatic rings. The summed E-state index contributed by atoms with van der Waals surface area (Å²) in [7, 11) is 0. The lowest BCUT2D eigenvalue weighted by molar-refractivity contribution is 0.427. The second-order valence-electron chi connectivity index (χ2n) is 5.80. The molecule has 0 N–H and O–H groups in total. The summed E-state index contributed by atoms with van der Waals surface area (Å²) in [5.74, 6) is 3.77. The van der Waals surface area contributed by atoms with Crippen molar-refractivity contribution >= 4 is 29.0 Å². The van der Waals surface area contributed by atoms with Crippen molar-refractivity contribution in [3.63, 3.8) is 0 Å². The first-order valence-electron chi connectivity index (χ1n) is 7.90. The predicted molar refractivity (Wildman–Crippen MR) is 99.9 cm³/mol. The molecule has 0 aromatic carbocycles. The number of anilines is 1. The molecule has 0 radical (unpaired) electrons. The number of thioether (sulfide) groups is 1. The van der Waals surface area contributed by atoms with Crippen molar-refractivity contribution in [3.8, 4) is 21.9 Å². The SMILES string of the molecule is Cc1cc(-c2cnc(N3CCSCC3)nc2-c2sccc2C)on1. The van der Waals surface area contributed by atoms with E-state index in [2.05, 4.69) is 33.4 Å². The topological polar surface area (TPSA) is 55.1 Å². The van der Waals surface area contributed by atoms with Gasteiger partial charge in [-0.3, -0.25) is 0 Å². The van der Waals surface area contributed by atoms with E-state index in [1.165, 1.54) is 5.56 Å². The monoisotopic (exact) mass is 358 g/mol. The summed E-state index contributed by atoms with van der Waals surface area (Å²) >= 11 is 3.68. The molecule has 0 atom stereocenters. The molecule has 0 amide bonds. The number of aryl methyl sites for hydroxylation is 2. The van der Waals surface area contributed by atoms with Gasteiger partial charge in [0.05, 0.1) is 21.8 Å². The van der Waals surface area contributed by atoms with Crippen LogP contribution in [0, 0.1) is 13.8 Å². The number of aromatic nitrogens is 3. The minimum atomic E-state index is 0.719. The van der Waals surface area contributed by atoms with Gasteiger partial charge >= 0.3 is 0 Å². The number of rotatable bonds is 3. The zero-order valence-electron chi connectivity index (χ0n) is 13.7. The van der Waals surface area contributed by atoms with Gasteiger partial charge < -0.3 is 9.42 Å². The summed E-state index contributed by atoms with van der Waals surface area (Å²) in [6.45, 7) is 6.02. The molecule has 7 heteroatoms. The lowest BCUT2D eigenvalue weighted by Gasteiger charge is -2.26. The highest BCUT2D eigenvalue weighted by Gasteiger charge is 2.20. The van der Waals surface area contributed by atoms with Crippen LogP contribution in [0.4, 0.5) is 5.95 Å². The van der Waals surface area contributed by atoms with E-state index in [0.717, 1.165) is 58.1 Å². The van der Waals surface area contributed by atoms with Gasteiger partial charge in [0.25, 0.3) is 0 Å². The van der Waals surface area contributed by atoms with Gasteiger partial charge in [0.15, 0.2) is 5.76 Å². The minimum absolute atomic E-state index is 0.719. The van der Waals surface area contributed by atoms with E-state index in [-0.39, 0.29) is 0 Å². The number of nitrogens with zero attached hydrogens (tertiary/aromatic N) is 4. The molecule has 3 aromatic heterocycles. The fourth-order valence-electron chi connectivity index (χ4n) is 2.75. The quantitative estimate of drug-likeness (QED) is 0.704. The number of hydrogen-bond acceptors (Lipinski definition) is 7. The maximum atomic E-state index is 5.47. The van der Waals surface area contributed by atoms with Crippen LogP contribution in [0.5, 0.6) is 0 Å². The summed E-state index contributed by atoms with van der Waals surface area (Å²) in [5.41, 5.74) is 3.91. The van der Waals surface area contributed by atoms with Crippen LogP contribution in [-0.2, 0) is 0 Å². The Morgan fingerprint density at radius 3 is 2.71 bits per heavy atom. The molecule has 1 aliphatic rings. The van der Waals surface area contributed by atoms with Crippen LogP contribution >= 0.6 is 23.1 Å². The van der Waals surface area contributed by atoms with E-state index in [9.17, 15) is 0 Å². The van der Waals surface area contributed by atoms with Gasteiger partial charge in [-0.1, -0.05) is 5.16 Å². The van der Waals surface area contributed by atoms with E-state index in [0.29, 0.717) is 0 Å². The van der Waals surface area contributed by atoms with Crippen LogP contribution in [0.3, 0.4) is 0 Å². The maximum Gasteiger partial charge on any atom is 0.225 e. The lowest BCUT2D eigenvalue weighted by atomic mass is 10.1. The Labute approximate surface area is 149 Å². The highest BCUT2D eigenvalue weighted by molar-refractivity contribution is 7.99. The smallest absolute Gasteiger partial charge is 0.225 e. The second kappa shape index (κ2) is 6.57. The maximum absolute atomic E-state index is 5.47. The summed E-state index contributed by atoms with van der Waals surface area (Å²) < 4.78 is 5.47. The van der Waals surface area contributed by atoms with E-state index < -0.39 is 0 Å². The third-order valence-electron chi connectivity index (χ3n) is 4.04. The zero-order chi connectivity index (χ0) is 16.5. The van der Waals surface area contributed by atoms with Gasteiger partial charge in [0, 0.05) is 36.9 Å². The molecule has 0 aliphatic carbocycles.